The Bertz CT molecular complexity index is 803. The first-order chi connectivity index (χ1) is 12.1. The minimum Gasteiger partial charge on any atom is -0.345 e. The number of hydrogen-bond donors (Lipinski definition) is 1. The minimum absolute atomic E-state index is 0.107. The number of likely N-dealkylation sites (tertiary alicyclic amines) is 1. The number of piperidine rings is 1. The number of rotatable bonds is 5. The second-order valence-electron chi connectivity index (χ2n) is 6.51. The van der Waals surface area contributed by atoms with E-state index in [4.69, 9.17) is 0 Å². The van der Waals surface area contributed by atoms with Crippen LogP contribution in [0.2, 0.25) is 0 Å². The van der Waals surface area contributed by atoms with Gasteiger partial charge in [0.1, 0.15) is 12.4 Å². The molecule has 1 N–H and O–H groups in total. The molecule has 0 aliphatic carbocycles. The van der Waals surface area contributed by atoms with Crippen molar-refractivity contribution in [3.8, 4) is 0 Å². The maximum Gasteiger partial charge on any atom is 0.246 e. The molecule has 0 spiro atoms. The van der Waals surface area contributed by atoms with Crippen molar-refractivity contribution in [2.24, 2.45) is 0 Å². The minimum atomic E-state index is -0.207. The zero-order valence-electron chi connectivity index (χ0n) is 14.6. The maximum atomic E-state index is 12.7. The summed E-state index contributed by atoms with van der Waals surface area (Å²) in [6, 6.07) is 7.72. The number of nitrogens with zero attached hydrogens (tertiary/aromatic N) is 3. The van der Waals surface area contributed by atoms with Crippen LogP contribution in [-0.4, -0.2) is 39.4 Å². The van der Waals surface area contributed by atoms with E-state index in [9.17, 15) is 9.59 Å². The van der Waals surface area contributed by atoms with Gasteiger partial charge in [0.05, 0.1) is 17.6 Å². The average Bonchev–Trinajstić information content (AvgIpc) is 2.98. The molecule has 2 aromatic rings. The van der Waals surface area contributed by atoms with Gasteiger partial charge in [0, 0.05) is 18.7 Å². The summed E-state index contributed by atoms with van der Waals surface area (Å²) >= 11 is 0. The van der Waals surface area contributed by atoms with Crippen molar-refractivity contribution < 1.29 is 9.59 Å². The summed E-state index contributed by atoms with van der Waals surface area (Å²) in [6.45, 7) is 7.48. The highest BCUT2D eigenvalue weighted by molar-refractivity contribution is 5.92. The number of para-hydroxylation sites is 2. The van der Waals surface area contributed by atoms with Gasteiger partial charge in [-0.2, -0.15) is 0 Å². The van der Waals surface area contributed by atoms with Crippen molar-refractivity contribution >= 4 is 22.8 Å². The van der Waals surface area contributed by atoms with E-state index in [1.54, 1.807) is 6.92 Å². The number of imidazole rings is 1. The molecule has 1 aromatic heterocycles. The molecule has 1 aromatic carbocycles. The van der Waals surface area contributed by atoms with Gasteiger partial charge in [-0.3, -0.25) is 9.59 Å². The summed E-state index contributed by atoms with van der Waals surface area (Å²) < 4.78 is 1.91. The molecule has 1 saturated heterocycles. The van der Waals surface area contributed by atoms with Crippen LogP contribution in [0.1, 0.15) is 32.0 Å². The lowest BCUT2D eigenvalue weighted by Crippen LogP contribution is -2.38. The second-order valence-corrected chi connectivity index (χ2v) is 6.51. The Morgan fingerprint density at radius 2 is 1.92 bits per heavy atom. The Labute approximate surface area is 147 Å². The van der Waals surface area contributed by atoms with Crippen LogP contribution in [0.15, 0.2) is 36.4 Å². The molecule has 0 unspecified atom stereocenters. The van der Waals surface area contributed by atoms with Gasteiger partial charge in [0.15, 0.2) is 0 Å². The third kappa shape index (κ3) is 3.90. The molecule has 132 valence electrons. The molecule has 1 aliphatic rings. The molecule has 3 rings (SSSR count). The smallest absolute Gasteiger partial charge is 0.246 e. The number of hydrogen-bond acceptors (Lipinski definition) is 3. The molecule has 0 saturated carbocycles. The third-order valence-corrected chi connectivity index (χ3v) is 4.53. The third-order valence-electron chi connectivity index (χ3n) is 4.53. The topological polar surface area (TPSA) is 67.2 Å². The summed E-state index contributed by atoms with van der Waals surface area (Å²) in [6.07, 6.45) is 3.33. The van der Waals surface area contributed by atoms with E-state index >= 15 is 0 Å². The van der Waals surface area contributed by atoms with Gasteiger partial charge in [0.2, 0.25) is 11.8 Å². The van der Waals surface area contributed by atoms with E-state index in [0.717, 1.165) is 37.0 Å². The predicted octanol–water partition coefficient (Wildman–Crippen LogP) is 2.24. The molecule has 6 heteroatoms. The quantitative estimate of drug-likeness (QED) is 0.849. The Balaban J connectivity index is 1.83. The van der Waals surface area contributed by atoms with E-state index in [2.05, 4.69) is 16.9 Å². The summed E-state index contributed by atoms with van der Waals surface area (Å²) in [5.74, 6) is 0.581. The van der Waals surface area contributed by atoms with Gasteiger partial charge in [-0.15, -0.1) is 0 Å². The molecule has 2 heterocycles. The van der Waals surface area contributed by atoms with E-state index < -0.39 is 0 Å². The zero-order valence-corrected chi connectivity index (χ0v) is 14.6. The van der Waals surface area contributed by atoms with Gasteiger partial charge < -0.3 is 14.8 Å². The molecule has 2 amide bonds. The van der Waals surface area contributed by atoms with Crippen LogP contribution in [0.5, 0.6) is 0 Å². The molecular weight excluding hydrogens is 316 g/mol. The summed E-state index contributed by atoms with van der Waals surface area (Å²) in [4.78, 5) is 31.0. The lowest BCUT2D eigenvalue weighted by atomic mass is 10.1. The number of carbonyl (C=O) groups excluding carboxylic acids is 2. The maximum absolute atomic E-state index is 12.7. The van der Waals surface area contributed by atoms with Crippen LogP contribution in [0.4, 0.5) is 0 Å². The first-order valence-corrected chi connectivity index (χ1v) is 8.72. The number of carbonyl (C=O) groups is 2. The lowest BCUT2D eigenvalue weighted by Gasteiger charge is -2.27. The monoisotopic (exact) mass is 340 g/mol. The van der Waals surface area contributed by atoms with Crippen molar-refractivity contribution in [2.45, 2.75) is 39.3 Å². The van der Waals surface area contributed by atoms with Gasteiger partial charge in [0.25, 0.3) is 0 Å². The highest BCUT2D eigenvalue weighted by atomic mass is 16.2. The van der Waals surface area contributed by atoms with Crippen molar-refractivity contribution in [2.75, 3.05) is 13.1 Å². The van der Waals surface area contributed by atoms with Crippen LogP contribution in [0, 0.1) is 0 Å². The molecule has 1 aliphatic heterocycles. The van der Waals surface area contributed by atoms with Crippen LogP contribution in [-0.2, 0) is 22.7 Å². The van der Waals surface area contributed by atoms with Crippen molar-refractivity contribution in [1.82, 2.24) is 19.8 Å². The van der Waals surface area contributed by atoms with Crippen molar-refractivity contribution in [3.05, 3.63) is 42.2 Å². The fourth-order valence-electron chi connectivity index (χ4n) is 3.13. The summed E-state index contributed by atoms with van der Waals surface area (Å²) in [5.41, 5.74) is 2.19. The van der Waals surface area contributed by atoms with Gasteiger partial charge in [-0.25, -0.2) is 4.98 Å². The van der Waals surface area contributed by atoms with Crippen LogP contribution >= 0.6 is 0 Å². The van der Waals surface area contributed by atoms with Crippen LogP contribution in [0.25, 0.3) is 11.0 Å². The number of fused-ring (bicyclic) bond motifs is 1. The van der Waals surface area contributed by atoms with E-state index in [1.165, 1.54) is 6.42 Å². The fourth-order valence-corrected chi connectivity index (χ4v) is 3.13. The van der Waals surface area contributed by atoms with E-state index in [1.807, 2.05) is 33.7 Å². The van der Waals surface area contributed by atoms with Gasteiger partial charge in [-0.1, -0.05) is 18.7 Å². The second kappa shape index (κ2) is 7.51. The first-order valence-electron chi connectivity index (χ1n) is 8.72. The normalized spacial score (nSPS) is 14.5. The Hall–Kier alpha value is -2.63. The van der Waals surface area contributed by atoms with E-state index in [0.29, 0.717) is 11.4 Å². The largest absolute Gasteiger partial charge is 0.345 e. The Morgan fingerprint density at radius 1 is 1.20 bits per heavy atom. The molecule has 1 fully saturated rings. The number of amides is 2. The highest BCUT2D eigenvalue weighted by Gasteiger charge is 2.20. The molecule has 6 nitrogen and oxygen atoms in total. The van der Waals surface area contributed by atoms with Gasteiger partial charge >= 0.3 is 0 Å². The standard InChI is InChI=1S/C19H24N4O2/c1-14(2)19(25)20-12-17-21-15-8-4-5-9-16(15)23(17)13-18(24)22-10-6-3-7-11-22/h4-5,8-9H,1,3,6-7,10-13H2,2H3,(H,20,25). The molecule has 0 radical (unpaired) electrons. The van der Waals surface area contributed by atoms with Gasteiger partial charge in [-0.05, 0) is 38.3 Å². The SMILES string of the molecule is C=C(C)C(=O)NCc1nc2ccccc2n1CC(=O)N1CCCCC1. The average molecular weight is 340 g/mol. The zero-order chi connectivity index (χ0) is 17.8. The first kappa shape index (κ1) is 17.2. The lowest BCUT2D eigenvalue weighted by molar-refractivity contribution is -0.132. The van der Waals surface area contributed by atoms with Crippen molar-refractivity contribution in [1.29, 1.82) is 0 Å². The predicted molar refractivity (Wildman–Crippen MR) is 96.8 cm³/mol. The summed E-state index contributed by atoms with van der Waals surface area (Å²) in [7, 11) is 0. The molecular formula is C19H24N4O2. The van der Waals surface area contributed by atoms with Crippen LogP contribution < -0.4 is 5.32 Å². The van der Waals surface area contributed by atoms with Crippen molar-refractivity contribution in [3.63, 3.8) is 0 Å². The Kier molecular flexibility index (Phi) is 5.16. The Morgan fingerprint density at radius 3 is 2.64 bits per heavy atom. The number of aromatic nitrogens is 2. The molecule has 0 bridgehead atoms. The summed E-state index contributed by atoms with van der Waals surface area (Å²) in [5, 5.41) is 2.81. The molecule has 25 heavy (non-hydrogen) atoms. The fraction of sp³-hybridized carbons (Fsp3) is 0.421. The van der Waals surface area contributed by atoms with Crippen LogP contribution in [0.3, 0.4) is 0 Å². The van der Waals surface area contributed by atoms with E-state index in [-0.39, 0.29) is 24.9 Å². The highest BCUT2D eigenvalue weighted by Crippen LogP contribution is 2.17. The number of nitrogens with one attached hydrogen (secondary N) is 1. The molecule has 0 atom stereocenters. The number of benzene rings is 1.